The van der Waals surface area contributed by atoms with Crippen LogP contribution in [0.1, 0.15) is 16.9 Å². The number of H-pyrrole nitrogens is 1. The van der Waals surface area contributed by atoms with Gasteiger partial charge in [-0.1, -0.05) is 0 Å². The van der Waals surface area contributed by atoms with Crippen LogP contribution in [0.4, 0.5) is 0 Å². The van der Waals surface area contributed by atoms with Crippen LogP contribution in [-0.4, -0.2) is 59.1 Å². The van der Waals surface area contributed by atoms with Gasteiger partial charge in [-0.15, -0.1) is 0 Å². The Morgan fingerprint density at radius 2 is 2.33 bits per heavy atom. The molecule has 1 atom stereocenters. The molecule has 1 saturated heterocycles. The summed E-state index contributed by atoms with van der Waals surface area (Å²) in [7, 11) is 1.23. The Balaban J connectivity index is 1.81. The van der Waals surface area contributed by atoms with Crippen molar-refractivity contribution < 1.29 is 23.5 Å². The summed E-state index contributed by atoms with van der Waals surface area (Å²) in [6.45, 7) is 0.604. The van der Waals surface area contributed by atoms with Crippen molar-refractivity contribution in [2.45, 2.75) is 12.5 Å². The molecule has 3 rings (SSSR count). The van der Waals surface area contributed by atoms with Crippen LogP contribution in [0.25, 0.3) is 11.5 Å². The minimum absolute atomic E-state index is 0.144. The summed E-state index contributed by atoms with van der Waals surface area (Å²) in [5, 5.41) is 9.35. The molecule has 0 aliphatic carbocycles. The summed E-state index contributed by atoms with van der Waals surface area (Å²) in [4.78, 5) is 37.6. The number of hydrogen-bond donors (Lipinski definition) is 2. The van der Waals surface area contributed by atoms with Crippen molar-refractivity contribution in [1.82, 2.24) is 20.4 Å². The maximum atomic E-state index is 12.7. The summed E-state index contributed by atoms with van der Waals surface area (Å²) in [6.07, 6.45) is 1.31. The molecule has 9 nitrogen and oxygen atoms in total. The zero-order valence-corrected chi connectivity index (χ0v) is 12.9. The van der Waals surface area contributed by atoms with E-state index in [9.17, 15) is 14.4 Å². The number of rotatable bonds is 4. The van der Waals surface area contributed by atoms with Gasteiger partial charge in [-0.3, -0.25) is 19.5 Å². The molecule has 0 bridgehead atoms. The number of aromatic nitrogens is 2. The van der Waals surface area contributed by atoms with E-state index in [2.05, 4.69) is 20.3 Å². The summed E-state index contributed by atoms with van der Waals surface area (Å²) in [6, 6.07) is 4.08. The first kappa shape index (κ1) is 15.8. The van der Waals surface area contributed by atoms with Crippen LogP contribution < -0.4 is 5.32 Å². The van der Waals surface area contributed by atoms with Gasteiger partial charge in [-0.05, 0) is 12.1 Å². The molecule has 2 aromatic heterocycles. The normalized spacial score (nSPS) is 17.5. The van der Waals surface area contributed by atoms with Crippen molar-refractivity contribution >= 4 is 17.8 Å². The second-order valence-corrected chi connectivity index (χ2v) is 5.23. The molecule has 2 amide bonds. The van der Waals surface area contributed by atoms with Crippen LogP contribution in [0.3, 0.4) is 0 Å². The molecule has 9 heteroatoms. The van der Waals surface area contributed by atoms with E-state index in [1.165, 1.54) is 18.3 Å². The van der Waals surface area contributed by atoms with Crippen LogP contribution in [0.5, 0.6) is 0 Å². The lowest BCUT2D eigenvalue weighted by atomic mass is 10.1. The van der Waals surface area contributed by atoms with Crippen LogP contribution in [0.15, 0.2) is 28.9 Å². The quantitative estimate of drug-likeness (QED) is 0.771. The number of carbonyl (C=O) groups is 3. The van der Waals surface area contributed by atoms with Gasteiger partial charge in [0.15, 0.2) is 11.5 Å². The summed E-state index contributed by atoms with van der Waals surface area (Å²) in [5.74, 6) is -0.841. The highest BCUT2D eigenvalue weighted by molar-refractivity contribution is 5.98. The molecule has 0 radical (unpaired) electrons. The van der Waals surface area contributed by atoms with Gasteiger partial charge in [0.25, 0.3) is 5.91 Å². The van der Waals surface area contributed by atoms with Gasteiger partial charge in [-0.25, -0.2) is 0 Å². The van der Waals surface area contributed by atoms with Crippen LogP contribution >= 0.6 is 0 Å². The molecular formula is C15H16N4O5. The Labute approximate surface area is 137 Å². The van der Waals surface area contributed by atoms with Crippen molar-refractivity contribution in [3.63, 3.8) is 0 Å². The average Bonchev–Trinajstić information content (AvgIpc) is 3.26. The van der Waals surface area contributed by atoms with Crippen LogP contribution in [0.2, 0.25) is 0 Å². The van der Waals surface area contributed by atoms with E-state index >= 15 is 0 Å². The maximum absolute atomic E-state index is 12.7. The number of amides is 2. The Hall–Kier alpha value is -3.10. The highest BCUT2D eigenvalue weighted by Gasteiger charge is 2.36. The van der Waals surface area contributed by atoms with Crippen LogP contribution in [-0.2, 0) is 14.3 Å². The first-order valence-electron chi connectivity index (χ1n) is 7.35. The largest absolute Gasteiger partial charge is 0.469 e. The highest BCUT2D eigenvalue weighted by Crippen LogP contribution is 2.20. The lowest BCUT2D eigenvalue weighted by Gasteiger charge is -2.33. The average molecular weight is 332 g/mol. The number of piperazine rings is 1. The van der Waals surface area contributed by atoms with Crippen molar-refractivity contribution in [2.75, 3.05) is 20.2 Å². The number of methoxy groups -OCH3 is 1. The van der Waals surface area contributed by atoms with Crippen LogP contribution in [0, 0.1) is 0 Å². The number of hydrogen-bond acceptors (Lipinski definition) is 6. The topological polar surface area (TPSA) is 118 Å². The Morgan fingerprint density at radius 1 is 1.50 bits per heavy atom. The fraction of sp³-hybridized carbons (Fsp3) is 0.333. The van der Waals surface area contributed by atoms with Crippen molar-refractivity contribution in [3.05, 3.63) is 30.2 Å². The maximum Gasteiger partial charge on any atom is 0.308 e. The SMILES string of the molecule is COC(=O)C[C@H]1C(=O)NCCN1C(=O)c1cc(-c2ccco2)[nH]n1. The predicted octanol–water partition coefficient (Wildman–Crippen LogP) is 0.173. The number of ether oxygens (including phenoxy) is 1. The zero-order chi connectivity index (χ0) is 17.1. The zero-order valence-electron chi connectivity index (χ0n) is 12.9. The highest BCUT2D eigenvalue weighted by atomic mass is 16.5. The number of nitrogens with one attached hydrogen (secondary N) is 2. The van der Waals surface area contributed by atoms with E-state index in [1.54, 1.807) is 18.2 Å². The summed E-state index contributed by atoms with van der Waals surface area (Å²) < 4.78 is 9.84. The molecule has 0 saturated carbocycles. The molecule has 2 N–H and O–H groups in total. The Kier molecular flexibility index (Phi) is 4.32. The van der Waals surface area contributed by atoms with Gasteiger partial charge in [0.2, 0.25) is 5.91 Å². The van der Waals surface area contributed by atoms with Gasteiger partial charge in [0.05, 0.1) is 19.8 Å². The van der Waals surface area contributed by atoms with E-state index < -0.39 is 17.9 Å². The number of carbonyl (C=O) groups excluding carboxylic acids is 3. The third kappa shape index (κ3) is 3.00. The molecule has 24 heavy (non-hydrogen) atoms. The number of nitrogens with zero attached hydrogens (tertiary/aromatic N) is 2. The molecule has 0 spiro atoms. The van der Waals surface area contributed by atoms with E-state index in [0.717, 1.165) is 0 Å². The number of esters is 1. The van der Waals surface area contributed by atoms with Gasteiger partial charge in [0, 0.05) is 19.2 Å². The summed E-state index contributed by atoms with van der Waals surface area (Å²) in [5.41, 5.74) is 0.695. The number of aromatic amines is 1. The van der Waals surface area contributed by atoms with E-state index in [4.69, 9.17) is 4.42 Å². The fourth-order valence-electron chi connectivity index (χ4n) is 2.54. The van der Waals surface area contributed by atoms with Crippen molar-refractivity contribution in [3.8, 4) is 11.5 Å². The Bertz CT molecular complexity index is 752. The van der Waals surface area contributed by atoms with Crippen molar-refractivity contribution in [1.29, 1.82) is 0 Å². The lowest BCUT2D eigenvalue weighted by molar-refractivity contribution is -0.145. The van der Waals surface area contributed by atoms with Gasteiger partial charge in [0.1, 0.15) is 11.7 Å². The van der Waals surface area contributed by atoms with Gasteiger partial charge in [-0.2, -0.15) is 5.10 Å². The number of furan rings is 1. The first-order chi connectivity index (χ1) is 11.6. The molecule has 1 fully saturated rings. The molecular weight excluding hydrogens is 316 g/mol. The summed E-state index contributed by atoms with van der Waals surface area (Å²) >= 11 is 0. The molecule has 1 aliphatic heterocycles. The predicted molar refractivity (Wildman–Crippen MR) is 80.8 cm³/mol. The molecule has 3 heterocycles. The third-order valence-electron chi connectivity index (χ3n) is 3.76. The third-order valence-corrected chi connectivity index (χ3v) is 3.76. The Morgan fingerprint density at radius 3 is 3.04 bits per heavy atom. The van der Waals surface area contributed by atoms with E-state index in [1.807, 2.05) is 0 Å². The molecule has 1 aliphatic rings. The van der Waals surface area contributed by atoms with Gasteiger partial charge >= 0.3 is 5.97 Å². The lowest BCUT2D eigenvalue weighted by Crippen LogP contribution is -2.57. The minimum atomic E-state index is -0.914. The first-order valence-corrected chi connectivity index (χ1v) is 7.35. The van der Waals surface area contributed by atoms with E-state index in [0.29, 0.717) is 18.0 Å². The monoisotopic (exact) mass is 332 g/mol. The molecule has 2 aromatic rings. The molecule has 0 aromatic carbocycles. The second-order valence-electron chi connectivity index (χ2n) is 5.23. The fourth-order valence-corrected chi connectivity index (χ4v) is 2.54. The van der Waals surface area contributed by atoms with Gasteiger partial charge < -0.3 is 19.4 Å². The van der Waals surface area contributed by atoms with E-state index in [-0.39, 0.29) is 24.6 Å². The molecule has 126 valence electrons. The second kappa shape index (κ2) is 6.57. The smallest absolute Gasteiger partial charge is 0.308 e. The molecule has 0 unspecified atom stereocenters. The standard InChI is InChI=1S/C15H16N4O5/c1-23-13(20)8-11-14(21)16-4-5-19(11)15(22)10-7-9(17-18-10)12-3-2-6-24-12/h2-3,6-7,11H,4-5,8H2,1H3,(H,16,21)(H,17,18)/t11-/m0/s1. The minimum Gasteiger partial charge on any atom is -0.469 e. The van der Waals surface area contributed by atoms with Crippen molar-refractivity contribution in [2.24, 2.45) is 0 Å².